The number of hydrogen-bond acceptors (Lipinski definition) is 4. The molecule has 11 heteroatoms. The van der Waals surface area contributed by atoms with Crippen LogP contribution >= 0.6 is 34.8 Å². The molecule has 186 valence electrons. The van der Waals surface area contributed by atoms with Gasteiger partial charge in [-0.1, -0.05) is 66.3 Å². The molecule has 0 aliphatic rings. The van der Waals surface area contributed by atoms with Crippen molar-refractivity contribution in [1.82, 2.24) is 10.2 Å². The molecule has 0 bridgehead atoms. The lowest BCUT2D eigenvalue weighted by molar-refractivity contribution is -0.139. The third-order valence-corrected chi connectivity index (χ3v) is 7.19. The van der Waals surface area contributed by atoms with Gasteiger partial charge in [-0.3, -0.25) is 13.9 Å². The lowest BCUT2D eigenvalue weighted by atomic mass is 10.1. The van der Waals surface area contributed by atoms with Gasteiger partial charge in [0, 0.05) is 23.1 Å². The number of anilines is 1. The molecule has 0 aromatic heterocycles. The smallest absolute Gasteiger partial charge is 0.244 e. The molecule has 1 N–H and O–H groups in total. The van der Waals surface area contributed by atoms with Gasteiger partial charge in [0.1, 0.15) is 12.6 Å². The summed E-state index contributed by atoms with van der Waals surface area (Å²) in [4.78, 5) is 27.6. The minimum atomic E-state index is -3.89. The Balaban J connectivity index is 2.39. The number of nitrogens with zero attached hydrogens (tertiary/aromatic N) is 2. The minimum Gasteiger partial charge on any atom is -0.354 e. The maximum absolute atomic E-state index is 13.5. The number of sulfonamides is 1. The zero-order valence-electron chi connectivity index (χ0n) is 19.2. The van der Waals surface area contributed by atoms with Gasteiger partial charge in [-0.15, -0.1) is 0 Å². The average molecular weight is 549 g/mol. The Morgan fingerprint density at radius 1 is 1.06 bits per heavy atom. The first kappa shape index (κ1) is 28.2. The number of amides is 2. The normalized spacial score (nSPS) is 12.2. The average Bonchev–Trinajstić information content (AvgIpc) is 2.76. The molecule has 0 saturated heterocycles. The van der Waals surface area contributed by atoms with Crippen LogP contribution in [0.15, 0.2) is 42.5 Å². The van der Waals surface area contributed by atoms with Gasteiger partial charge in [0.05, 0.1) is 17.0 Å². The van der Waals surface area contributed by atoms with Crippen molar-refractivity contribution in [3.05, 3.63) is 63.1 Å². The summed E-state index contributed by atoms with van der Waals surface area (Å²) < 4.78 is 26.1. The third kappa shape index (κ3) is 7.77. The molecule has 0 spiro atoms. The van der Waals surface area contributed by atoms with Crippen molar-refractivity contribution < 1.29 is 18.0 Å². The minimum absolute atomic E-state index is 0.0207. The van der Waals surface area contributed by atoms with Crippen molar-refractivity contribution in [2.75, 3.05) is 23.7 Å². The first-order valence-electron chi connectivity index (χ1n) is 10.7. The van der Waals surface area contributed by atoms with E-state index in [4.69, 9.17) is 34.8 Å². The Bertz CT molecular complexity index is 1130. The second-order valence-electron chi connectivity index (χ2n) is 7.80. The molecule has 7 nitrogen and oxygen atoms in total. The van der Waals surface area contributed by atoms with Crippen LogP contribution in [-0.4, -0.2) is 50.5 Å². The van der Waals surface area contributed by atoms with Gasteiger partial charge in [0.15, 0.2) is 0 Å². The van der Waals surface area contributed by atoms with Gasteiger partial charge in [-0.25, -0.2) is 8.42 Å². The van der Waals surface area contributed by atoms with E-state index >= 15 is 0 Å². The number of benzene rings is 2. The standard InChI is InChI=1S/C23H28Cl3N3O4S/c1-4-5-12-27-23(31)16(2)28(14-17-8-6-7-9-19(17)25)22(30)15-29(34(3,32)33)21-11-10-18(24)13-20(21)26/h6-11,13,16H,4-5,12,14-15H2,1-3H3,(H,27,31)/t16-/m1/s1. The predicted octanol–water partition coefficient (Wildman–Crippen LogP) is 4.75. The Hall–Kier alpha value is -2.00. The summed E-state index contributed by atoms with van der Waals surface area (Å²) in [5.74, 6) is -0.932. The number of rotatable bonds is 11. The van der Waals surface area contributed by atoms with Crippen LogP contribution < -0.4 is 9.62 Å². The molecule has 0 radical (unpaired) electrons. The maximum atomic E-state index is 13.5. The highest BCUT2D eigenvalue weighted by atomic mass is 35.5. The first-order chi connectivity index (χ1) is 16.0. The van der Waals surface area contributed by atoms with Gasteiger partial charge >= 0.3 is 0 Å². The zero-order valence-corrected chi connectivity index (χ0v) is 22.3. The fraction of sp³-hybridized carbons (Fsp3) is 0.391. The van der Waals surface area contributed by atoms with Crippen LogP contribution in [0.5, 0.6) is 0 Å². The van der Waals surface area contributed by atoms with Crippen LogP contribution in [0.3, 0.4) is 0 Å². The summed E-state index contributed by atoms with van der Waals surface area (Å²) in [6.45, 7) is 3.54. The topological polar surface area (TPSA) is 86.8 Å². The van der Waals surface area contributed by atoms with E-state index in [1.54, 1.807) is 31.2 Å². The van der Waals surface area contributed by atoms with E-state index in [1.165, 1.54) is 23.1 Å². The molecule has 0 aliphatic carbocycles. The number of carbonyl (C=O) groups is 2. The van der Waals surface area contributed by atoms with Crippen LogP contribution in [-0.2, 0) is 26.2 Å². The number of hydrogen-bond donors (Lipinski definition) is 1. The molecular formula is C23H28Cl3N3O4S. The van der Waals surface area contributed by atoms with Crippen LogP contribution in [0.1, 0.15) is 32.3 Å². The number of halogens is 3. The number of carbonyl (C=O) groups excluding carboxylic acids is 2. The maximum Gasteiger partial charge on any atom is 0.244 e. The van der Waals surface area contributed by atoms with Crippen molar-refractivity contribution in [2.45, 2.75) is 39.3 Å². The molecule has 0 heterocycles. The van der Waals surface area contributed by atoms with E-state index in [9.17, 15) is 18.0 Å². The summed E-state index contributed by atoms with van der Waals surface area (Å²) in [5, 5.41) is 3.65. The molecule has 2 aromatic rings. The summed E-state index contributed by atoms with van der Waals surface area (Å²) in [7, 11) is -3.89. The van der Waals surface area contributed by atoms with Crippen LogP contribution in [0.4, 0.5) is 5.69 Å². The molecule has 2 rings (SSSR count). The fourth-order valence-corrected chi connectivity index (χ4v) is 4.82. The fourth-order valence-electron chi connectivity index (χ4n) is 3.21. The quantitative estimate of drug-likeness (QED) is 0.411. The second-order valence-corrected chi connectivity index (χ2v) is 11.0. The number of nitrogens with one attached hydrogen (secondary N) is 1. The highest BCUT2D eigenvalue weighted by Crippen LogP contribution is 2.30. The summed E-state index contributed by atoms with van der Waals surface area (Å²) in [5.41, 5.74) is 0.737. The highest BCUT2D eigenvalue weighted by Gasteiger charge is 2.31. The lowest BCUT2D eigenvalue weighted by Gasteiger charge is -2.32. The van der Waals surface area contributed by atoms with E-state index in [1.807, 2.05) is 6.92 Å². The largest absolute Gasteiger partial charge is 0.354 e. The Labute approximate surface area is 216 Å². The molecule has 0 fully saturated rings. The molecule has 2 amide bonds. The number of unbranched alkanes of at least 4 members (excludes halogenated alkanes) is 1. The predicted molar refractivity (Wildman–Crippen MR) is 138 cm³/mol. The lowest BCUT2D eigenvalue weighted by Crippen LogP contribution is -2.51. The van der Waals surface area contributed by atoms with Crippen molar-refractivity contribution in [2.24, 2.45) is 0 Å². The van der Waals surface area contributed by atoms with Gasteiger partial charge in [0.25, 0.3) is 0 Å². The van der Waals surface area contributed by atoms with E-state index in [0.717, 1.165) is 23.4 Å². The van der Waals surface area contributed by atoms with Crippen LogP contribution in [0.25, 0.3) is 0 Å². The van der Waals surface area contributed by atoms with Gasteiger partial charge in [-0.05, 0) is 43.2 Å². The Morgan fingerprint density at radius 3 is 2.32 bits per heavy atom. The second kappa shape index (κ2) is 12.6. The van der Waals surface area contributed by atoms with Crippen molar-refractivity contribution >= 4 is 62.3 Å². The Morgan fingerprint density at radius 2 is 1.74 bits per heavy atom. The molecular weight excluding hydrogens is 521 g/mol. The summed E-state index contributed by atoms with van der Waals surface area (Å²) in [6, 6.07) is 10.4. The van der Waals surface area contributed by atoms with Crippen molar-refractivity contribution in [3.8, 4) is 0 Å². The molecule has 34 heavy (non-hydrogen) atoms. The first-order valence-corrected chi connectivity index (χ1v) is 13.7. The third-order valence-electron chi connectivity index (χ3n) is 5.15. The van der Waals surface area contributed by atoms with Gasteiger partial charge in [0.2, 0.25) is 21.8 Å². The molecule has 0 aliphatic heterocycles. The van der Waals surface area contributed by atoms with Gasteiger partial charge in [-0.2, -0.15) is 0 Å². The van der Waals surface area contributed by atoms with Crippen LogP contribution in [0, 0.1) is 0 Å². The Kier molecular flexibility index (Phi) is 10.5. The molecule has 0 unspecified atom stereocenters. The zero-order chi connectivity index (χ0) is 25.5. The van der Waals surface area contributed by atoms with Crippen molar-refractivity contribution in [1.29, 1.82) is 0 Å². The van der Waals surface area contributed by atoms with Crippen molar-refractivity contribution in [3.63, 3.8) is 0 Å². The van der Waals surface area contributed by atoms with E-state index in [2.05, 4.69) is 5.32 Å². The summed E-state index contributed by atoms with van der Waals surface area (Å²) >= 11 is 18.5. The highest BCUT2D eigenvalue weighted by molar-refractivity contribution is 7.92. The molecule has 0 saturated carbocycles. The van der Waals surface area contributed by atoms with Gasteiger partial charge < -0.3 is 10.2 Å². The summed E-state index contributed by atoms with van der Waals surface area (Å²) in [6.07, 6.45) is 2.68. The van der Waals surface area contributed by atoms with E-state index in [0.29, 0.717) is 22.2 Å². The van der Waals surface area contributed by atoms with E-state index < -0.39 is 28.5 Å². The van der Waals surface area contributed by atoms with Crippen LogP contribution in [0.2, 0.25) is 15.1 Å². The molecule has 1 atom stereocenters. The monoisotopic (exact) mass is 547 g/mol. The van der Waals surface area contributed by atoms with E-state index in [-0.39, 0.29) is 23.2 Å². The molecule has 2 aromatic carbocycles. The SMILES string of the molecule is CCCCNC(=O)[C@@H](C)N(Cc1ccccc1Cl)C(=O)CN(c1ccc(Cl)cc1Cl)S(C)(=O)=O.